The van der Waals surface area contributed by atoms with E-state index in [9.17, 15) is 9.59 Å². The summed E-state index contributed by atoms with van der Waals surface area (Å²) in [7, 11) is 0. The standard InChI is InChI=1S/C19H32N6O2.ClH/c1-3-4-9-21-18(26)15-6-5-12-24(13-15)19(27)17-14(2)25(23-22-17)16-7-10-20-11-8-16;/h15-16,20H,3-13H2,1-2H3,(H,21,26);1H. The molecule has 0 bridgehead atoms. The third-order valence-electron chi connectivity index (χ3n) is 5.69. The number of carbonyl (C=O) groups excluding carboxylic acids is 2. The number of hydrogen-bond acceptors (Lipinski definition) is 5. The fourth-order valence-electron chi connectivity index (χ4n) is 3.99. The highest BCUT2D eigenvalue weighted by atomic mass is 35.5. The van der Waals surface area contributed by atoms with Crippen LogP contribution in [0.1, 0.15) is 67.7 Å². The van der Waals surface area contributed by atoms with Gasteiger partial charge in [0, 0.05) is 19.6 Å². The predicted molar refractivity (Wildman–Crippen MR) is 110 cm³/mol. The Hall–Kier alpha value is -1.67. The summed E-state index contributed by atoms with van der Waals surface area (Å²) in [6.07, 6.45) is 5.73. The predicted octanol–water partition coefficient (Wildman–Crippen LogP) is 1.70. The lowest BCUT2D eigenvalue weighted by Gasteiger charge is -2.31. The molecule has 1 aromatic rings. The topological polar surface area (TPSA) is 92.2 Å². The van der Waals surface area contributed by atoms with Crippen LogP contribution in [0.25, 0.3) is 0 Å². The number of amides is 2. The van der Waals surface area contributed by atoms with Gasteiger partial charge in [-0.1, -0.05) is 18.6 Å². The lowest BCUT2D eigenvalue weighted by Crippen LogP contribution is -2.45. The summed E-state index contributed by atoms with van der Waals surface area (Å²) in [6.45, 7) is 7.82. The van der Waals surface area contributed by atoms with Crippen molar-refractivity contribution in [3.8, 4) is 0 Å². The molecule has 2 N–H and O–H groups in total. The quantitative estimate of drug-likeness (QED) is 0.694. The Morgan fingerprint density at radius 2 is 2.00 bits per heavy atom. The fraction of sp³-hybridized carbons (Fsp3) is 0.789. The lowest BCUT2D eigenvalue weighted by atomic mass is 9.96. The Balaban J connectivity index is 0.00000280. The lowest BCUT2D eigenvalue weighted by molar-refractivity contribution is -0.126. The van der Waals surface area contributed by atoms with Gasteiger partial charge >= 0.3 is 0 Å². The van der Waals surface area contributed by atoms with Crippen molar-refractivity contribution in [2.24, 2.45) is 5.92 Å². The normalized spacial score (nSPS) is 20.5. The van der Waals surface area contributed by atoms with E-state index in [2.05, 4.69) is 27.9 Å². The second kappa shape index (κ2) is 10.8. The minimum absolute atomic E-state index is 0. The number of likely N-dealkylation sites (tertiary alicyclic amines) is 1. The molecular weight excluding hydrogens is 380 g/mol. The highest BCUT2D eigenvalue weighted by Crippen LogP contribution is 2.23. The molecule has 0 spiro atoms. The summed E-state index contributed by atoms with van der Waals surface area (Å²) in [5, 5.41) is 14.8. The summed E-state index contributed by atoms with van der Waals surface area (Å²) >= 11 is 0. The van der Waals surface area contributed by atoms with E-state index in [0.29, 0.717) is 31.4 Å². The number of hydrogen-bond donors (Lipinski definition) is 2. The van der Waals surface area contributed by atoms with Crippen LogP contribution < -0.4 is 10.6 Å². The van der Waals surface area contributed by atoms with Crippen LogP contribution in [-0.2, 0) is 4.79 Å². The van der Waals surface area contributed by atoms with E-state index in [-0.39, 0.29) is 30.1 Å². The molecule has 1 aromatic heterocycles. The van der Waals surface area contributed by atoms with Crippen molar-refractivity contribution in [2.75, 3.05) is 32.7 Å². The largest absolute Gasteiger partial charge is 0.356 e. The fourth-order valence-corrected chi connectivity index (χ4v) is 3.99. The minimum Gasteiger partial charge on any atom is -0.356 e. The Morgan fingerprint density at radius 3 is 2.71 bits per heavy atom. The maximum absolute atomic E-state index is 13.0. The van der Waals surface area contributed by atoms with E-state index in [1.54, 1.807) is 4.90 Å². The molecule has 2 fully saturated rings. The van der Waals surface area contributed by atoms with E-state index in [1.165, 1.54) is 0 Å². The SMILES string of the molecule is CCCCNC(=O)C1CCCN(C(=O)c2nnn(C3CCNCC3)c2C)C1.Cl. The maximum Gasteiger partial charge on any atom is 0.276 e. The van der Waals surface area contributed by atoms with Crippen LogP contribution in [0.2, 0.25) is 0 Å². The number of piperidine rings is 2. The number of carbonyl (C=O) groups is 2. The van der Waals surface area contributed by atoms with Gasteiger partial charge in [0.1, 0.15) is 0 Å². The molecule has 0 radical (unpaired) electrons. The van der Waals surface area contributed by atoms with Crippen molar-refractivity contribution >= 4 is 24.2 Å². The first-order valence-electron chi connectivity index (χ1n) is 10.3. The molecular formula is C19H33ClN6O2. The molecule has 0 saturated carbocycles. The Labute approximate surface area is 173 Å². The molecule has 1 unspecified atom stereocenters. The molecule has 2 aliphatic heterocycles. The van der Waals surface area contributed by atoms with Crippen LogP contribution in [-0.4, -0.2) is 64.4 Å². The summed E-state index contributed by atoms with van der Waals surface area (Å²) < 4.78 is 1.91. The zero-order valence-electron chi connectivity index (χ0n) is 16.9. The number of rotatable bonds is 6. The second-order valence-electron chi connectivity index (χ2n) is 7.68. The highest BCUT2D eigenvalue weighted by Gasteiger charge is 2.31. The number of nitrogens with one attached hydrogen (secondary N) is 2. The second-order valence-corrected chi connectivity index (χ2v) is 7.68. The molecule has 158 valence electrons. The minimum atomic E-state index is -0.126. The van der Waals surface area contributed by atoms with Gasteiger partial charge in [-0.25, -0.2) is 4.68 Å². The summed E-state index contributed by atoms with van der Waals surface area (Å²) in [6, 6.07) is 0.304. The molecule has 8 nitrogen and oxygen atoms in total. The molecule has 2 aliphatic rings. The molecule has 28 heavy (non-hydrogen) atoms. The van der Waals surface area contributed by atoms with E-state index < -0.39 is 0 Å². The molecule has 9 heteroatoms. The van der Waals surface area contributed by atoms with E-state index >= 15 is 0 Å². The van der Waals surface area contributed by atoms with Crippen molar-refractivity contribution in [1.29, 1.82) is 0 Å². The van der Waals surface area contributed by atoms with Gasteiger partial charge < -0.3 is 15.5 Å². The van der Waals surface area contributed by atoms with Gasteiger partial charge in [0.15, 0.2) is 5.69 Å². The van der Waals surface area contributed by atoms with Gasteiger partial charge in [0.05, 0.1) is 17.7 Å². The molecule has 3 rings (SSSR count). The Bertz CT molecular complexity index is 659. The number of unbranched alkanes of at least 4 members (excludes halogenated alkanes) is 1. The van der Waals surface area contributed by atoms with Crippen LogP contribution in [0.4, 0.5) is 0 Å². The average Bonchev–Trinajstić information content (AvgIpc) is 3.09. The van der Waals surface area contributed by atoms with E-state index in [4.69, 9.17) is 0 Å². The van der Waals surface area contributed by atoms with Crippen molar-refractivity contribution in [3.63, 3.8) is 0 Å². The Kier molecular flexibility index (Phi) is 8.69. The van der Waals surface area contributed by atoms with Gasteiger partial charge in [-0.05, 0) is 52.1 Å². The summed E-state index contributed by atoms with van der Waals surface area (Å²) in [5.41, 5.74) is 1.27. The molecule has 1 atom stereocenters. The first-order valence-corrected chi connectivity index (χ1v) is 10.3. The zero-order chi connectivity index (χ0) is 19.2. The smallest absolute Gasteiger partial charge is 0.276 e. The van der Waals surface area contributed by atoms with Crippen LogP contribution in [0, 0.1) is 12.8 Å². The van der Waals surface area contributed by atoms with Gasteiger partial charge in [-0.15, -0.1) is 17.5 Å². The summed E-state index contributed by atoms with van der Waals surface area (Å²) in [5.74, 6) is -0.158. The third kappa shape index (κ3) is 5.23. The van der Waals surface area contributed by atoms with Crippen molar-refractivity contribution in [2.45, 2.75) is 58.4 Å². The Morgan fingerprint density at radius 1 is 1.25 bits per heavy atom. The first-order chi connectivity index (χ1) is 13.1. The molecule has 3 heterocycles. The van der Waals surface area contributed by atoms with Gasteiger partial charge in [0.25, 0.3) is 5.91 Å². The van der Waals surface area contributed by atoms with Crippen molar-refractivity contribution in [1.82, 2.24) is 30.5 Å². The van der Waals surface area contributed by atoms with Crippen LogP contribution >= 0.6 is 12.4 Å². The monoisotopic (exact) mass is 412 g/mol. The van der Waals surface area contributed by atoms with Gasteiger partial charge in [-0.2, -0.15) is 0 Å². The maximum atomic E-state index is 13.0. The first kappa shape index (κ1) is 22.6. The van der Waals surface area contributed by atoms with Crippen LogP contribution in [0.15, 0.2) is 0 Å². The highest BCUT2D eigenvalue weighted by molar-refractivity contribution is 5.93. The third-order valence-corrected chi connectivity index (χ3v) is 5.69. The van der Waals surface area contributed by atoms with E-state index in [0.717, 1.165) is 57.3 Å². The number of halogens is 1. The van der Waals surface area contributed by atoms with Crippen molar-refractivity contribution in [3.05, 3.63) is 11.4 Å². The molecule has 2 saturated heterocycles. The summed E-state index contributed by atoms with van der Waals surface area (Å²) in [4.78, 5) is 27.2. The zero-order valence-corrected chi connectivity index (χ0v) is 17.8. The van der Waals surface area contributed by atoms with Crippen LogP contribution in [0.3, 0.4) is 0 Å². The molecule has 0 aromatic carbocycles. The molecule has 0 aliphatic carbocycles. The number of nitrogens with zero attached hydrogens (tertiary/aromatic N) is 4. The average molecular weight is 413 g/mol. The van der Waals surface area contributed by atoms with E-state index in [1.807, 2.05) is 11.6 Å². The van der Waals surface area contributed by atoms with Crippen molar-refractivity contribution < 1.29 is 9.59 Å². The van der Waals surface area contributed by atoms with Gasteiger partial charge in [-0.3, -0.25) is 9.59 Å². The molecule has 2 amide bonds. The van der Waals surface area contributed by atoms with Gasteiger partial charge in [0.2, 0.25) is 5.91 Å². The van der Waals surface area contributed by atoms with Crippen LogP contribution in [0.5, 0.6) is 0 Å². The number of aromatic nitrogens is 3.